The molecule has 0 aliphatic carbocycles. The molecule has 4 aliphatic heterocycles. The van der Waals surface area contributed by atoms with Crippen LogP contribution < -0.4 is 9.80 Å². The average Bonchev–Trinajstić information content (AvgIpc) is 3.72. The number of aliphatic hydroxyl groups excluding tert-OH is 1. The molecule has 1 spiro atoms. The van der Waals surface area contributed by atoms with Gasteiger partial charge in [0.2, 0.25) is 5.91 Å². The molecule has 9 nitrogen and oxygen atoms in total. The Balaban J connectivity index is 1.04. The summed E-state index contributed by atoms with van der Waals surface area (Å²) in [5.41, 5.74) is 4.44. The lowest BCUT2D eigenvalue weighted by atomic mass is 9.82. The Hall–Kier alpha value is -4.84. The second-order valence-corrected chi connectivity index (χ2v) is 20.3. The summed E-state index contributed by atoms with van der Waals surface area (Å²) < 4.78 is 6.97. The maximum absolute atomic E-state index is 15.1. The quantitative estimate of drug-likeness (QED) is 0.166. The number of fused-ring (bicyclic) bond motifs is 3. The van der Waals surface area contributed by atoms with E-state index < -0.39 is 31.5 Å². The minimum atomic E-state index is -3.07. The van der Waals surface area contributed by atoms with Gasteiger partial charge in [0.05, 0.1) is 48.7 Å². The van der Waals surface area contributed by atoms with Crippen molar-refractivity contribution in [1.29, 1.82) is 0 Å². The van der Waals surface area contributed by atoms with Gasteiger partial charge in [0.15, 0.2) is 13.9 Å². The summed E-state index contributed by atoms with van der Waals surface area (Å²) in [5, 5.41) is 12.7. The molecule has 3 amide bonds. The van der Waals surface area contributed by atoms with Crippen LogP contribution in [0.1, 0.15) is 46.0 Å². The zero-order valence-corrected chi connectivity index (χ0v) is 32.7. The lowest BCUT2D eigenvalue weighted by Crippen LogP contribution is -2.48. The molecule has 1 fully saturated rings. The number of hydrogen-bond acceptors (Lipinski definition) is 6. The van der Waals surface area contributed by atoms with Crippen molar-refractivity contribution >= 4 is 65.5 Å². The van der Waals surface area contributed by atoms with E-state index in [1.807, 2.05) is 111 Å². The van der Waals surface area contributed by atoms with Gasteiger partial charge in [-0.05, 0) is 84.1 Å². The smallest absolute Gasteiger partial charge is 0.264 e. The van der Waals surface area contributed by atoms with Gasteiger partial charge in [-0.1, -0.05) is 79.2 Å². The van der Waals surface area contributed by atoms with E-state index in [1.165, 1.54) is 0 Å². The normalized spacial score (nSPS) is 24.3. The third kappa shape index (κ3) is 5.56. The summed E-state index contributed by atoms with van der Waals surface area (Å²) in [7, 11) is -3.07. The van der Waals surface area contributed by atoms with Crippen LogP contribution in [0.15, 0.2) is 103 Å². The SMILES string of the molecule is C[C@H]1[C@H]([Si](C)(C)O)[C@@H](CC(=O)N2Cc3ccccc3C[C@H]2CO)O[C@]12C(=O)N(Cc1cccc(N3C(=O)c4cccc5cccc3c45)c1)c1ccc(Cl)cc12. The monoisotopic (exact) mass is 771 g/mol. The molecule has 55 heavy (non-hydrogen) atoms. The first-order chi connectivity index (χ1) is 26.4. The Morgan fingerprint density at radius 1 is 0.927 bits per heavy atom. The second kappa shape index (κ2) is 13.1. The molecule has 0 bridgehead atoms. The first-order valence-corrected chi connectivity index (χ1v) is 22.3. The van der Waals surface area contributed by atoms with E-state index >= 15 is 4.79 Å². The van der Waals surface area contributed by atoms with Crippen LogP contribution in [0.4, 0.5) is 17.1 Å². The fourth-order valence-electron chi connectivity index (χ4n) is 9.89. The molecule has 2 N–H and O–H groups in total. The fourth-order valence-corrected chi connectivity index (χ4v) is 12.6. The number of rotatable bonds is 7. The molecule has 0 aromatic heterocycles. The summed E-state index contributed by atoms with van der Waals surface area (Å²) in [5.74, 6) is -1.06. The predicted molar refractivity (Wildman–Crippen MR) is 215 cm³/mol. The first-order valence-electron chi connectivity index (χ1n) is 18.8. The molecule has 5 aromatic carbocycles. The number of benzene rings is 5. The van der Waals surface area contributed by atoms with Gasteiger partial charge in [0.1, 0.15) is 0 Å². The number of nitrogens with zero attached hydrogens (tertiary/aromatic N) is 3. The maximum Gasteiger partial charge on any atom is 0.264 e. The Morgan fingerprint density at radius 3 is 2.44 bits per heavy atom. The lowest BCUT2D eigenvalue weighted by Gasteiger charge is -2.37. The van der Waals surface area contributed by atoms with Gasteiger partial charge in [-0.15, -0.1) is 0 Å². The van der Waals surface area contributed by atoms with Crippen molar-refractivity contribution in [3.05, 3.63) is 136 Å². The molecule has 5 atom stereocenters. The Morgan fingerprint density at radius 2 is 1.67 bits per heavy atom. The number of carbonyl (C=O) groups excluding carboxylic acids is 3. The van der Waals surface area contributed by atoms with Gasteiger partial charge in [-0.2, -0.15) is 0 Å². The molecule has 5 aromatic rings. The number of amides is 3. The van der Waals surface area contributed by atoms with E-state index in [9.17, 15) is 19.5 Å². The Kier molecular flexibility index (Phi) is 8.56. The van der Waals surface area contributed by atoms with Crippen LogP contribution in [-0.4, -0.2) is 59.6 Å². The average molecular weight is 772 g/mol. The van der Waals surface area contributed by atoms with Crippen LogP contribution in [-0.2, 0) is 39.4 Å². The highest BCUT2D eigenvalue weighted by Crippen LogP contribution is 2.60. The van der Waals surface area contributed by atoms with Gasteiger partial charge >= 0.3 is 0 Å². The van der Waals surface area contributed by atoms with Gasteiger partial charge in [-0.25, -0.2) is 0 Å². The summed E-state index contributed by atoms with van der Waals surface area (Å²) in [6.07, 6.45) is -0.255. The van der Waals surface area contributed by atoms with Crippen molar-refractivity contribution in [2.75, 3.05) is 16.4 Å². The van der Waals surface area contributed by atoms with E-state index in [0.717, 1.165) is 33.2 Å². The summed E-state index contributed by atoms with van der Waals surface area (Å²) >= 11 is 6.64. The minimum Gasteiger partial charge on any atom is -0.432 e. The molecule has 4 aliphatic rings. The fraction of sp³-hybridized carbons (Fsp3) is 0.295. The van der Waals surface area contributed by atoms with Crippen LogP contribution in [0.25, 0.3) is 10.8 Å². The maximum atomic E-state index is 15.1. The number of hydrogen-bond donors (Lipinski definition) is 2. The number of ether oxygens (including phenoxy) is 1. The predicted octanol–water partition coefficient (Wildman–Crippen LogP) is 7.47. The highest BCUT2D eigenvalue weighted by Gasteiger charge is 2.66. The van der Waals surface area contributed by atoms with Crippen molar-refractivity contribution < 1.29 is 29.0 Å². The van der Waals surface area contributed by atoms with Crippen molar-refractivity contribution in [3.8, 4) is 0 Å². The third-order valence-corrected chi connectivity index (χ3v) is 15.0. The van der Waals surface area contributed by atoms with E-state index in [2.05, 4.69) is 0 Å². The molecule has 0 saturated carbocycles. The molecule has 0 radical (unpaired) electrons. The molecule has 11 heteroatoms. The van der Waals surface area contributed by atoms with Crippen LogP contribution >= 0.6 is 11.6 Å². The molecule has 4 heterocycles. The number of halogens is 1. The van der Waals surface area contributed by atoms with Crippen LogP contribution in [0.5, 0.6) is 0 Å². The standard InChI is InChI=1S/C44H42ClN3O6Si/c1-26-41(55(2,3)53)38(22-39(50)46-24-30-11-5-4-10-29(30)20-33(46)25-49)54-44(26)35-21-31(45)17-18-36(35)47(43(44)52)23-27-9-6-14-32(19-27)48-37-16-8-13-28-12-7-15-34(40(28)37)42(48)51/h4-19,21,26,33,38,41,49,53H,20,22-25H2,1-3H3/t26-,33-,38+,41-,44+/m0/s1. The topological polar surface area (TPSA) is 111 Å². The molecule has 0 unspecified atom stereocenters. The number of aliphatic hydroxyl groups is 1. The summed E-state index contributed by atoms with van der Waals surface area (Å²) in [6.45, 7) is 6.00. The molecule has 9 rings (SSSR count). The van der Waals surface area contributed by atoms with Crippen LogP contribution in [0.2, 0.25) is 23.7 Å². The van der Waals surface area contributed by atoms with Crippen molar-refractivity contribution in [1.82, 2.24) is 4.90 Å². The van der Waals surface area contributed by atoms with E-state index in [1.54, 1.807) is 26.8 Å². The van der Waals surface area contributed by atoms with Crippen molar-refractivity contribution in [2.24, 2.45) is 5.92 Å². The molecular weight excluding hydrogens is 730 g/mol. The zero-order chi connectivity index (χ0) is 38.4. The van der Waals surface area contributed by atoms with Crippen LogP contribution in [0.3, 0.4) is 0 Å². The van der Waals surface area contributed by atoms with Gasteiger partial charge in [0, 0.05) is 39.7 Å². The van der Waals surface area contributed by atoms with Crippen molar-refractivity contribution in [2.45, 2.75) is 69.2 Å². The van der Waals surface area contributed by atoms with Gasteiger partial charge < -0.3 is 24.4 Å². The highest BCUT2D eigenvalue weighted by molar-refractivity contribution is 6.71. The van der Waals surface area contributed by atoms with Gasteiger partial charge in [0.25, 0.3) is 11.8 Å². The lowest BCUT2D eigenvalue weighted by molar-refractivity contribution is -0.151. The van der Waals surface area contributed by atoms with E-state index in [-0.39, 0.29) is 43.3 Å². The Labute approximate surface area is 325 Å². The van der Waals surface area contributed by atoms with E-state index in [0.29, 0.717) is 40.5 Å². The number of anilines is 3. The summed E-state index contributed by atoms with van der Waals surface area (Å²) in [6, 6.07) is 32.3. The Bertz CT molecular complexity index is 2410. The molecular formula is C44H42ClN3O6Si. The zero-order valence-electron chi connectivity index (χ0n) is 30.9. The highest BCUT2D eigenvalue weighted by atomic mass is 35.5. The second-order valence-electron chi connectivity index (χ2n) is 15.9. The largest absolute Gasteiger partial charge is 0.432 e. The molecule has 1 saturated heterocycles. The first kappa shape index (κ1) is 35.8. The summed E-state index contributed by atoms with van der Waals surface area (Å²) in [4.78, 5) is 60.1. The van der Waals surface area contributed by atoms with Crippen molar-refractivity contribution in [3.63, 3.8) is 0 Å². The molecule has 280 valence electrons. The van der Waals surface area contributed by atoms with Gasteiger partial charge in [-0.3, -0.25) is 19.3 Å². The van der Waals surface area contributed by atoms with Crippen LogP contribution in [0, 0.1) is 5.92 Å². The third-order valence-electron chi connectivity index (χ3n) is 12.3. The number of carbonyl (C=O) groups is 3. The van der Waals surface area contributed by atoms with E-state index in [4.69, 9.17) is 16.3 Å². The minimum absolute atomic E-state index is 0.0450.